The van der Waals surface area contributed by atoms with E-state index in [2.05, 4.69) is 4.74 Å². The summed E-state index contributed by atoms with van der Waals surface area (Å²) in [7, 11) is 1.39. The molecule has 0 aromatic carbocycles. The highest BCUT2D eigenvalue weighted by Gasteiger charge is 2.25. The zero-order chi connectivity index (χ0) is 10.6. The first-order chi connectivity index (χ1) is 5.78. The van der Waals surface area contributed by atoms with Crippen molar-refractivity contribution in [1.29, 1.82) is 0 Å². The van der Waals surface area contributed by atoms with Crippen LogP contribution in [0.15, 0.2) is 0 Å². The maximum Gasteiger partial charge on any atom is 0.311 e. The Morgan fingerprint density at radius 2 is 1.69 bits per heavy atom. The second-order valence-corrected chi connectivity index (χ2v) is 4.25. The molecule has 0 saturated carbocycles. The third-order valence-electron chi connectivity index (χ3n) is 1.82. The van der Waals surface area contributed by atoms with Crippen LogP contribution in [0, 0.1) is 5.92 Å². The lowest BCUT2D eigenvalue weighted by Crippen LogP contribution is -2.33. The van der Waals surface area contributed by atoms with Gasteiger partial charge in [0.05, 0.1) is 24.7 Å². The molecule has 0 spiro atoms. The van der Waals surface area contributed by atoms with E-state index in [4.69, 9.17) is 4.74 Å². The van der Waals surface area contributed by atoms with Crippen molar-refractivity contribution in [3.63, 3.8) is 0 Å². The molecule has 3 heteroatoms. The summed E-state index contributed by atoms with van der Waals surface area (Å²) in [5, 5.41) is 0. The molecule has 13 heavy (non-hydrogen) atoms. The number of ether oxygens (including phenoxy) is 2. The minimum absolute atomic E-state index is 0.118. The van der Waals surface area contributed by atoms with E-state index in [0.717, 1.165) is 0 Å². The van der Waals surface area contributed by atoms with Gasteiger partial charge in [-0.15, -0.1) is 0 Å². The molecule has 2 atom stereocenters. The summed E-state index contributed by atoms with van der Waals surface area (Å²) in [6, 6.07) is 0. The van der Waals surface area contributed by atoms with Crippen LogP contribution in [0.1, 0.15) is 34.6 Å². The molecule has 0 N–H and O–H groups in total. The first kappa shape index (κ1) is 12.4. The van der Waals surface area contributed by atoms with E-state index in [-0.39, 0.29) is 23.6 Å². The van der Waals surface area contributed by atoms with Crippen LogP contribution in [0.25, 0.3) is 0 Å². The summed E-state index contributed by atoms with van der Waals surface area (Å²) in [6.45, 7) is 9.59. The Labute approximate surface area is 80.4 Å². The van der Waals surface area contributed by atoms with Gasteiger partial charge in [0.1, 0.15) is 0 Å². The molecule has 1 unspecified atom stereocenters. The summed E-state index contributed by atoms with van der Waals surface area (Å²) >= 11 is 0. The van der Waals surface area contributed by atoms with E-state index >= 15 is 0 Å². The van der Waals surface area contributed by atoms with Gasteiger partial charge in [0, 0.05) is 0 Å². The van der Waals surface area contributed by atoms with E-state index in [0.29, 0.717) is 0 Å². The summed E-state index contributed by atoms with van der Waals surface area (Å²) < 4.78 is 10.3. The third kappa shape index (κ3) is 4.88. The van der Waals surface area contributed by atoms with E-state index < -0.39 is 0 Å². The molecule has 0 amide bonds. The second-order valence-electron chi connectivity index (χ2n) is 4.25. The lowest BCUT2D eigenvalue weighted by atomic mass is 10.1. The van der Waals surface area contributed by atoms with Crippen LogP contribution in [0.5, 0.6) is 0 Å². The molecule has 0 aliphatic rings. The number of methoxy groups -OCH3 is 1. The van der Waals surface area contributed by atoms with Gasteiger partial charge in [-0.3, -0.25) is 4.79 Å². The zero-order valence-electron chi connectivity index (χ0n) is 9.38. The minimum Gasteiger partial charge on any atom is -0.469 e. The predicted molar refractivity (Wildman–Crippen MR) is 51.5 cm³/mol. The van der Waals surface area contributed by atoms with Crippen molar-refractivity contribution in [1.82, 2.24) is 0 Å². The topological polar surface area (TPSA) is 35.5 Å². The maximum absolute atomic E-state index is 11.1. The normalized spacial score (nSPS) is 16.5. The van der Waals surface area contributed by atoms with Crippen LogP contribution < -0.4 is 0 Å². The van der Waals surface area contributed by atoms with Crippen LogP contribution in [-0.2, 0) is 14.3 Å². The van der Waals surface area contributed by atoms with Crippen molar-refractivity contribution in [3.8, 4) is 0 Å². The standard InChI is InChI=1S/C10H20O3/c1-7(9(11)12-6)8(2)13-10(3,4)5/h7-8H,1-6H3/t7-,8?/m0/s1. The van der Waals surface area contributed by atoms with Crippen LogP contribution in [-0.4, -0.2) is 24.8 Å². The summed E-state index contributed by atoms with van der Waals surface area (Å²) in [5.41, 5.74) is -0.221. The molecule has 0 aromatic rings. The average Bonchev–Trinajstić information content (AvgIpc) is 1.98. The minimum atomic E-state index is -0.225. The van der Waals surface area contributed by atoms with Crippen LogP contribution >= 0.6 is 0 Å². The van der Waals surface area contributed by atoms with Crippen molar-refractivity contribution in [2.75, 3.05) is 7.11 Å². The van der Waals surface area contributed by atoms with Gasteiger partial charge in [0.25, 0.3) is 0 Å². The Bertz CT molecular complexity index is 169. The van der Waals surface area contributed by atoms with Crippen LogP contribution in [0.4, 0.5) is 0 Å². The molecule has 0 radical (unpaired) electrons. The number of hydrogen-bond acceptors (Lipinski definition) is 3. The molecular weight excluding hydrogens is 168 g/mol. The van der Waals surface area contributed by atoms with Gasteiger partial charge in [-0.2, -0.15) is 0 Å². The van der Waals surface area contributed by atoms with Gasteiger partial charge in [-0.05, 0) is 34.6 Å². The number of carbonyl (C=O) groups is 1. The number of esters is 1. The highest BCUT2D eigenvalue weighted by Crippen LogP contribution is 2.17. The highest BCUT2D eigenvalue weighted by atomic mass is 16.5. The Morgan fingerprint density at radius 3 is 2.00 bits per heavy atom. The molecule has 0 aromatic heterocycles. The van der Waals surface area contributed by atoms with Gasteiger partial charge in [0.15, 0.2) is 0 Å². The number of hydrogen-bond donors (Lipinski definition) is 0. The largest absolute Gasteiger partial charge is 0.469 e. The second kappa shape index (κ2) is 4.61. The van der Waals surface area contributed by atoms with Gasteiger partial charge >= 0.3 is 5.97 Å². The van der Waals surface area contributed by atoms with E-state index in [1.165, 1.54) is 7.11 Å². The molecular formula is C10H20O3. The van der Waals surface area contributed by atoms with E-state index in [1.54, 1.807) is 0 Å². The monoisotopic (exact) mass is 188 g/mol. The molecule has 3 nitrogen and oxygen atoms in total. The Morgan fingerprint density at radius 1 is 1.23 bits per heavy atom. The highest BCUT2D eigenvalue weighted by molar-refractivity contribution is 5.72. The summed E-state index contributed by atoms with van der Waals surface area (Å²) in [4.78, 5) is 11.1. The van der Waals surface area contributed by atoms with E-state index in [1.807, 2.05) is 34.6 Å². The Hall–Kier alpha value is -0.570. The first-order valence-corrected chi connectivity index (χ1v) is 4.53. The summed E-state index contributed by atoms with van der Waals surface area (Å²) in [6.07, 6.45) is -0.118. The lowest BCUT2D eigenvalue weighted by molar-refractivity contribution is -0.154. The number of rotatable bonds is 3. The van der Waals surface area contributed by atoms with Gasteiger partial charge in [-0.1, -0.05) is 0 Å². The van der Waals surface area contributed by atoms with Crippen molar-refractivity contribution in [2.45, 2.75) is 46.3 Å². The first-order valence-electron chi connectivity index (χ1n) is 4.53. The van der Waals surface area contributed by atoms with Gasteiger partial charge in [0.2, 0.25) is 0 Å². The lowest BCUT2D eigenvalue weighted by Gasteiger charge is -2.27. The molecule has 0 aliphatic carbocycles. The van der Waals surface area contributed by atoms with Gasteiger partial charge in [-0.25, -0.2) is 0 Å². The van der Waals surface area contributed by atoms with E-state index in [9.17, 15) is 4.79 Å². The van der Waals surface area contributed by atoms with Gasteiger partial charge < -0.3 is 9.47 Å². The summed E-state index contributed by atoms with van der Waals surface area (Å²) in [5.74, 6) is -0.444. The average molecular weight is 188 g/mol. The molecule has 0 aliphatic heterocycles. The number of carbonyl (C=O) groups excluding carboxylic acids is 1. The van der Waals surface area contributed by atoms with Crippen molar-refractivity contribution >= 4 is 5.97 Å². The maximum atomic E-state index is 11.1. The molecule has 78 valence electrons. The SMILES string of the molecule is COC(=O)[C@@H](C)C(C)OC(C)(C)C. The molecule has 0 fully saturated rings. The Balaban J connectivity index is 4.11. The fourth-order valence-corrected chi connectivity index (χ4v) is 1.04. The fraction of sp³-hybridized carbons (Fsp3) is 0.900. The molecule has 0 rings (SSSR count). The fourth-order valence-electron chi connectivity index (χ4n) is 1.04. The molecule has 0 bridgehead atoms. The zero-order valence-corrected chi connectivity index (χ0v) is 9.38. The molecule has 0 heterocycles. The van der Waals surface area contributed by atoms with Crippen molar-refractivity contribution in [2.24, 2.45) is 5.92 Å². The van der Waals surface area contributed by atoms with Crippen LogP contribution in [0.3, 0.4) is 0 Å². The quantitative estimate of drug-likeness (QED) is 0.635. The predicted octanol–water partition coefficient (Wildman–Crippen LogP) is 2.00. The smallest absolute Gasteiger partial charge is 0.311 e. The van der Waals surface area contributed by atoms with Crippen LogP contribution in [0.2, 0.25) is 0 Å². The molecule has 0 saturated heterocycles. The van der Waals surface area contributed by atoms with Crippen molar-refractivity contribution in [3.05, 3.63) is 0 Å². The van der Waals surface area contributed by atoms with Crippen molar-refractivity contribution < 1.29 is 14.3 Å². The third-order valence-corrected chi connectivity index (χ3v) is 1.82. The Kier molecular flexibility index (Phi) is 4.40.